The van der Waals surface area contributed by atoms with Crippen molar-refractivity contribution < 1.29 is 18.4 Å². The Labute approximate surface area is 93.0 Å². The predicted molar refractivity (Wildman–Crippen MR) is 54.0 cm³/mol. The minimum Gasteiger partial charge on any atom is -0.342 e. The number of hydrogen-bond acceptors (Lipinski definition) is 2. The van der Waals surface area contributed by atoms with E-state index in [0.717, 1.165) is 4.90 Å². The molecule has 1 aliphatic rings. The summed E-state index contributed by atoms with van der Waals surface area (Å²) in [5.41, 5.74) is -1.21. The second-order valence-corrected chi connectivity index (χ2v) is 4.33. The highest BCUT2D eigenvalue weighted by molar-refractivity contribution is 5.99. The number of alkyl halides is 2. The highest BCUT2D eigenvalue weighted by Gasteiger charge is 2.46. The lowest BCUT2D eigenvalue weighted by Crippen LogP contribution is -2.68. The van der Waals surface area contributed by atoms with Gasteiger partial charge in [0.15, 0.2) is 0 Å². The van der Waals surface area contributed by atoms with Gasteiger partial charge in [-0.25, -0.2) is 8.78 Å². The van der Waals surface area contributed by atoms with Crippen LogP contribution in [0.3, 0.4) is 0 Å². The summed E-state index contributed by atoms with van der Waals surface area (Å²) in [6, 6.07) is -0.681. The van der Waals surface area contributed by atoms with E-state index in [0.29, 0.717) is 6.42 Å². The summed E-state index contributed by atoms with van der Waals surface area (Å²) in [5, 5.41) is 2.53. The number of halogens is 2. The number of rotatable bonds is 3. The van der Waals surface area contributed by atoms with Gasteiger partial charge >= 0.3 is 0 Å². The van der Waals surface area contributed by atoms with E-state index in [1.54, 1.807) is 6.92 Å². The van der Waals surface area contributed by atoms with Crippen molar-refractivity contribution in [3.05, 3.63) is 0 Å². The van der Waals surface area contributed by atoms with Crippen molar-refractivity contribution >= 4 is 11.8 Å². The normalized spacial score (nSPS) is 24.9. The fourth-order valence-corrected chi connectivity index (χ4v) is 1.72. The number of carbonyl (C=O) groups excluding carboxylic acids is 2. The molecule has 1 fully saturated rings. The third kappa shape index (κ3) is 2.15. The van der Waals surface area contributed by atoms with Gasteiger partial charge in [0.05, 0.1) is 6.54 Å². The SMILES string of the molecule is CCC1NC(=O)C(C)(C)N(CC(F)F)C1=O. The average Bonchev–Trinajstić information content (AvgIpc) is 2.18. The Morgan fingerprint density at radius 1 is 1.44 bits per heavy atom. The van der Waals surface area contributed by atoms with Gasteiger partial charge in [-0.1, -0.05) is 6.92 Å². The summed E-state index contributed by atoms with van der Waals surface area (Å²) >= 11 is 0. The van der Waals surface area contributed by atoms with Gasteiger partial charge < -0.3 is 10.2 Å². The topological polar surface area (TPSA) is 49.4 Å². The van der Waals surface area contributed by atoms with E-state index in [1.807, 2.05) is 0 Å². The van der Waals surface area contributed by atoms with Crippen LogP contribution in [-0.2, 0) is 9.59 Å². The van der Waals surface area contributed by atoms with Crippen LogP contribution >= 0.6 is 0 Å². The maximum Gasteiger partial charge on any atom is 0.255 e. The van der Waals surface area contributed by atoms with Gasteiger partial charge in [-0.05, 0) is 20.3 Å². The van der Waals surface area contributed by atoms with E-state index >= 15 is 0 Å². The molecule has 1 aliphatic heterocycles. The molecule has 0 saturated carbocycles. The van der Waals surface area contributed by atoms with E-state index in [-0.39, 0.29) is 5.91 Å². The number of piperazine rings is 1. The molecular weight excluding hydrogens is 218 g/mol. The number of hydrogen-bond donors (Lipinski definition) is 1. The molecule has 4 nitrogen and oxygen atoms in total. The summed E-state index contributed by atoms with van der Waals surface area (Å²) in [5.74, 6) is -0.827. The monoisotopic (exact) mass is 234 g/mol. The lowest BCUT2D eigenvalue weighted by atomic mass is 9.95. The molecule has 1 heterocycles. The third-order valence-electron chi connectivity index (χ3n) is 2.83. The molecule has 16 heavy (non-hydrogen) atoms. The number of amides is 2. The average molecular weight is 234 g/mol. The Morgan fingerprint density at radius 2 is 2.00 bits per heavy atom. The summed E-state index contributed by atoms with van der Waals surface area (Å²) in [4.78, 5) is 24.5. The molecule has 1 rings (SSSR count). The van der Waals surface area contributed by atoms with Gasteiger partial charge in [0.2, 0.25) is 11.8 Å². The summed E-state index contributed by atoms with van der Waals surface area (Å²) in [6.07, 6.45) is -2.23. The Kier molecular flexibility index (Phi) is 3.50. The minimum absolute atomic E-state index is 0.389. The van der Waals surface area contributed by atoms with Crippen molar-refractivity contribution in [2.24, 2.45) is 0 Å². The van der Waals surface area contributed by atoms with Crippen LogP contribution in [0.1, 0.15) is 27.2 Å². The Morgan fingerprint density at radius 3 is 2.44 bits per heavy atom. The highest BCUT2D eigenvalue weighted by Crippen LogP contribution is 2.22. The molecule has 0 bridgehead atoms. The van der Waals surface area contributed by atoms with Crippen molar-refractivity contribution in [1.29, 1.82) is 0 Å². The van der Waals surface area contributed by atoms with Crippen LogP contribution < -0.4 is 5.32 Å². The molecule has 0 radical (unpaired) electrons. The van der Waals surface area contributed by atoms with Crippen LogP contribution in [0.25, 0.3) is 0 Å². The van der Waals surface area contributed by atoms with Crippen LogP contribution in [0.4, 0.5) is 8.78 Å². The fourth-order valence-electron chi connectivity index (χ4n) is 1.72. The molecule has 0 aromatic carbocycles. The zero-order valence-corrected chi connectivity index (χ0v) is 9.59. The quantitative estimate of drug-likeness (QED) is 0.784. The summed E-state index contributed by atoms with van der Waals surface area (Å²) < 4.78 is 24.7. The predicted octanol–water partition coefficient (Wildman–Crippen LogP) is 0.767. The molecular formula is C10H16F2N2O2. The second-order valence-electron chi connectivity index (χ2n) is 4.33. The van der Waals surface area contributed by atoms with Crippen molar-refractivity contribution in [3.63, 3.8) is 0 Å². The van der Waals surface area contributed by atoms with Crippen molar-refractivity contribution in [2.45, 2.75) is 45.2 Å². The highest BCUT2D eigenvalue weighted by atomic mass is 19.3. The number of nitrogens with zero attached hydrogens (tertiary/aromatic N) is 1. The molecule has 0 aromatic heterocycles. The van der Waals surface area contributed by atoms with E-state index < -0.39 is 30.5 Å². The van der Waals surface area contributed by atoms with E-state index in [1.165, 1.54) is 13.8 Å². The second kappa shape index (κ2) is 4.35. The smallest absolute Gasteiger partial charge is 0.255 e. The van der Waals surface area contributed by atoms with Gasteiger partial charge in [0, 0.05) is 0 Å². The Balaban J connectivity index is 2.96. The van der Waals surface area contributed by atoms with E-state index in [4.69, 9.17) is 0 Å². The molecule has 1 atom stereocenters. The van der Waals surface area contributed by atoms with Crippen LogP contribution in [0.2, 0.25) is 0 Å². The van der Waals surface area contributed by atoms with Crippen LogP contribution in [0, 0.1) is 0 Å². The van der Waals surface area contributed by atoms with Gasteiger partial charge in [-0.3, -0.25) is 9.59 Å². The molecule has 92 valence electrons. The van der Waals surface area contributed by atoms with Crippen LogP contribution in [-0.4, -0.2) is 41.3 Å². The maximum absolute atomic E-state index is 12.4. The van der Waals surface area contributed by atoms with E-state index in [2.05, 4.69) is 5.32 Å². The Bertz CT molecular complexity index is 305. The maximum atomic E-state index is 12.4. The first-order valence-electron chi connectivity index (χ1n) is 5.21. The summed E-state index contributed by atoms with van der Waals surface area (Å²) in [6.45, 7) is 3.96. The van der Waals surface area contributed by atoms with Gasteiger partial charge in [0.25, 0.3) is 6.43 Å². The first-order valence-corrected chi connectivity index (χ1v) is 5.21. The van der Waals surface area contributed by atoms with Gasteiger partial charge in [-0.15, -0.1) is 0 Å². The number of carbonyl (C=O) groups is 2. The van der Waals surface area contributed by atoms with Crippen LogP contribution in [0.5, 0.6) is 0 Å². The first kappa shape index (κ1) is 12.9. The molecule has 6 heteroatoms. The van der Waals surface area contributed by atoms with E-state index in [9.17, 15) is 18.4 Å². The standard InChI is InChI=1S/C10H16F2N2O2/c1-4-6-8(15)14(5-7(11)12)10(2,3)9(16)13-6/h6-7H,4-5H2,1-3H3,(H,13,16). The fraction of sp³-hybridized carbons (Fsp3) is 0.800. The van der Waals surface area contributed by atoms with Gasteiger partial charge in [0.1, 0.15) is 11.6 Å². The third-order valence-corrected chi connectivity index (χ3v) is 2.83. The zero-order chi connectivity index (χ0) is 12.5. The molecule has 1 saturated heterocycles. The van der Waals surface area contributed by atoms with Crippen molar-refractivity contribution in [2.75, 3.05) is 6.54 Å². The lowest BCUT2D eigenvalue weighted by molar-refractivity contribution is -0.157. The van der Waals surface area contributed by atoms with Crippen molar-refractivity contribution in [3.8, 4) is 0 Å². The zero-order valence-electron chi connectivity index (χ0n) is 9.59. The minimum atomic E-state index is -2.63. The first-order chi connectivity index (χ1) is 7.30. The largest absolute Gasteiger partial charge is 0.342 e. The Hall–Kier alpha value is -1.20. The molecule has 1 N–H and O–H groups in total. The van der Waals surface area contributed by atoms with Gasteiger partial charge in [-0.2, -0.15) is 0 Å². The van der Waals surface area contributed by atoms with Crippen LogP contribution in [0.15, 0.2) is 0 Å². The molecule has 0 spiro atoms. The lowest BCUT2D eigenvalue weighted by Gasteiger charge is -2.43. The van der Waals surface area contributed by atoms with Crippen molar-refractivity contribution in [1.82, 2.24) is 10.2 Å². The molecule has 1 unspecified atom stereocenters. The molecule has 0 aromatic rings. The summed E-state index contributed by atoms with van der Waals surface area (Å²) in [7, 11) is 0. The molecule has 0 aliphatic carbocycles. The number of nitrogens with one attached hydrogen (secondary N) is 1. The molecule has 2 amide bonds.